The second-order valence-electron chi connectivity index (χ2n) is 4.18. The van der Waals surface area contributed by atoms with Crippen molar-refractivity contribution in [2.45, 2.75) is 6.54 Å². The van der Waals surface area contributed by atoms with E-state index in [-0.39, 0.29) is 0 Å². The summed E-state index contributed by atoms with van der Waals surface area (Å²) in [6, 6.07) is 11.6. The normalized spacial score (nSPS) is 10.8. The molecule has 96 valence electrons. The third-order valence-corrected chi connectivity index (χ3v) is 2.98. The summed E-state index contributed by atoms with van der Waals surface area (Å²) in [5.74, 6) is 1.41. The quantitative estimate of drug-likeness (QED) is 0.774. The van der Waals surface area contributed by atoms with E-state index in [0.717, 1.165) is 22.5 Å². The number of ether oxygens (including phenoxy) is 1. The molecule has 3 rings (SSSR count). The van der Waals surface area contributed by atoms with E-state index in [2.05, 4.69) is 10.1 Å². The highest BCUT2D eigenvalue weighted by molar-refractivity contribution is 5.65. The smallest absolute Gasteiger partial charge is 0.185 e. The Bertz CT molecular complexity index is 720. The zero-order valence-corrected chi connectivity index (χ0v) is 10.6. The summed E-state index contributed by atoms with van der Waals surface area (Å²) in [5, 5.41) is 4.47. The minimum absolute atomic E-state index is 0.486. The number of fused-ring (bicyclic) bond motifs is 1. The molecule has 1 aromatic carbocycles. The third kappa shape index (κ3) is 2.04. The van der Waals surface area contributed by atoms with E-state index in [1.165, 1.54) is 0 Å². The predicted octanol–water partition coefficient (Wildman–Crippen LogP) is 1.86. The maximum absolute atomic E-state index is 5.62. The van der Waals surface area contributed by atoms with Gasteiger partial charge in [0.1, 0.15) is 5.75 Å². The van der Waals surface area contributed by atoms with Gasteiger partial charge in [-0.25, -0.2) is 9.50 Å². The summed E-state index contributed by atoms with van der Waals surface area (Å²) in [6.45, 7) is 0.486. The fourth-order valence-electron chi connectivity index (χ4n) is 1.99. The molecular weight excluding hydrogens is 240 g/mol. The van der Waals surface area contributed by atoms with Crippen LogP contribution < -0.4 is 10.5 Å². The summed E-state index contributed by atoms with van der Waals surface area (Å²) < 4.78 is 7.07. The van der Waals surface area contributed by atoms with E-state index in [4.69, 9.17) is 10.5 Å². The molecule has 0 saturated carbocycles. The van der Waals surface area contributed by atoms with Crippen LogP contribution in [0.5, 0.6) is 5.75 Å². The van der Waals surface area contributed by atoms with Crippen molar-refractivity contribution in [3.05, 3.63) is 48.2 Å². The molecule has 0 saturated heterocycles. The second-order valence-corrected chi connectivity index (χ2v) is 4.18. The first-order chi connectivity index (χ1) is 9.31. The highest BCUT2D eigenvalue weighted by Crippen LogP contribution is 2.27. The number of pyridine rings is 1. The van der Waals surface area contributed by atoms with Crippen LogP contribution in [0.1, 0.15) is 5.56 Å². The lowest BCUT2D eigenvalue weighted by molar-refractivity contribution is 0.416. The zero-order valence-electron chi connectivity index (χ0n) is 10.6. The molecule has 0 amide bonds. The number of nitrogens with zero attached hydrogens (tertiary/aromatic N) is 3. The SMILES string of the molecule is COc1ccccc1-c1nc2ccc(CN)cn2n1. The maximum Gasteiger partial charge on any atom is 0.185 e. The van der Waals surface area contributed by atoms with E-state index in [9.17, 15) is 0 Å². The van der Waals surface area contributed by atoms with E-state index in [0.29, 0.717) is 12.4 Å². The zero-order chi connectivity index (χ0) is 13.2. The van der Waals surface area contributed by atoms with Crippen LogP contribution in [0.15, 0.2) is 42.6 Å². The Morgan fingerprint density at radius 2 is 2.05 bits per heavy atom. The molecule has 2 N–H and O–H groups in total. The molecule has 5 heteroatoms. The van der Waals surface area contributed by atoms with Gasteiger partial charge in [-0.3, -0.25) is 0 Å². The van der Waals surface area contributed by atoms with E-state index in [1.54, 1.807) is 11.6 Å². The van der Waals surface area contributed by atoms with Crippen molar-refractivity contribution in [3.8, 4) is 17.1 Å². The summed E-state index contributed by atoms with van der Waals surface area (Å²) in [7, 11) is 1.64. The molecular formula is C14H14N4O. The molecule has 2 aromatic heterocycles. The first kappa shape index (κ1) is 11.7. The Labute approximate surface area is 110 Å². The molecule has 3 aromatic rings. The van der Waals surface area contributed by atoms with Crippen molar-refractivity contribution >= 4 is 5.65 Å². The van der Waals surface area contributed by atoms with Gasteiger partial charge in [-0.1, -0.05) is 18.2 Å². The molecule has 5 nitrogen and oxygen atoms in total. The maximum atomic E-state index is 5.62. The van der Waals surface area contributed by atoms with Gasteiger partial charge in [-0.15, -0.1) is 5.10 Å². The number of hydrogen-bond acceptors (Lipinski definition) is 4. The molecule has 0 aliphatic heterocycles. The standard InChI is InChI=1S/C14H14N4O/c1-19-12-5-3-2-4-11(12)14-16-13-7-6-10(8-15)9-18(13)17-14/h2-7,9H,8,15H2,1H3. The number of para-hydroxylation sites is 1. The Morgan fingerprint density at radius 1 is 1.21 bits per heavy atom. The van der Waals surface area contributed by atoms with Crippen LogP contribution in [0, 0.1) is 0 Å². The molecule has 0 fully saturated rings. The average molecular weight is 254 g/mol. The van der Waals surface area contributed by atoms with Gasteiger partial charge in [0.05, 0.1) is 12.7 Å². The summed E-state index contributed by atoms with van der Waals surface area (Å²) >= 11 is 0. The number of nitrogens with two attached hydrogens (primary N) is 1. The molecule has 0 aliphatic carbocycles. The Hall–Kier alpha value is -2.40. The van der Waals surface area contributed by atoms with Crippen LogP contribution in [0.2, 0.25) is 0 Å². The van der Waals surface area contributed by atoms with Gasteiger partial charge in [0, 0.05) is 12.7 Å². The molecule has 0 unspecified atom stereocenters. The number of methoxy groups -OCH3 is 1. The van der Waals surface area contributed by atoms with Crippen LogP contribution in [-0.4, -0.2) is 21.7 Å². The largest absolute Gasteiger partial charge is 0.496 e. The molecule has 19 heavy (non-hydrogen) atoms. The molecule has 0 atom stereocenters. The van der Waals surface area contributed by atoms with Gasteiger partial charge in [0.15, 0.2) is 11.5 Å². The van der Waals surface area contributed by atoms with Crippen LogP contribution >= 0.6 is 0 Å². The Balaban J connectivity index is 2.15. The van der Waals surface area contributed by atoms with Crippen molar-refractivity contribution in [1.82, 2.24) is 14.6 Å². The van der Waals surface area contributed by atoms with Crippen LogP contribution in [0.25, 0.3) is 17.0 Å². The van der Waals surface area contributed by atoms with Crippen molar-refractivity contribution in [2.24, 2.45) is 5.73 Å². The van der Waals surface area contributed by atoms with Gasteiger partial charge in [-0.2, -0.15) is 0 Å². The number of aromatic nitrogens is 3. The lowest BCUT2D eigenvalue weighted by Crippen LogP contribution is -1.98. The van der Waals surface area contributed by atoms with Crippen molar-refractivity contribution < 1.29 is 4.74 Å². The van der Waals surface area contributed by atoms with Crippen molar-refractivity contribution in [2.75, 3.05) is 7.11 Å². The van der Waals surface area contributed by atoms with Crippen molar-refractivity contribution in [3.63, 3.8) is 0 Å². The lowest BCUT2D eigenvalue weighted by Gasteiger charge is -2.03. The highest BCUT2D eigenvalue weighted by atomic mass is 16.5. The Morgan fingerprint density at radius 3 is 2.84 bits per heavy atom. The van der Waals surface area contributed by atoms with E-state index < -0.39 is 0 Å². The molecule has 0 radical (unpaired) electrons. The highest BCUT2D eigenvalue weighted by Gasteiger charge is 2.11. The van der Waals surface area contributed by atoms with Gasteiger partial charge >= 0.3 is 0 Å². The van der Waals surface area contributed by atoms with Gasteiger partial charge in [-0.05, 0) is 23.8 Å². The molecule has 0 aliphatic rings. The van der Waals surface area contributed by atoms with Crippen molar-refractivity contribution in [1.29, 1.82) is 0 Å². The van der Waals surface area contributed by atoms with Gasteiger partial charge in [0.25, 0.3) is 0 Å². The topological polar surface area (TPSA) is 65.4 Å². The molecule has 2 heterocycles. The van der Waals surface area contributed by atoms with Crippen LogP contribution in [0.3, 0.4) is 0 Å². The van der Waals surface area contributed by atoms with Gasteiger partial charge in [0.2, 0.25) is 0 Å². The van der Waals surface area contributed by atoms with Crippen LogP contribution in [-0.2, 0) is 6.54 Å². The molecule has 0 spiro atoms. The second kappa shape index (κ2) is 4.70. The lowest BCUT2D eigenvalue weighted by atomic mass is 10.2. The summed E-state index contributed by atoms with van der Waals surface area (Å²) in [4.78, 5) is 4.50. The number of hydrogen-bond donors (Lipinski definition) is 1. The first-order valence-electron chi connectivity index (χ1n) is 6.00. The van der Waals surface area contributed by atoms with E-state index >= 15 is 0 Å². The fourth-order valence-corrected chi connectivity index (χ4v) is 1.99. The number of benzene rings is 1. The Kier molecular flexibility index (Phi) is 2.89. The summed E-state index contributed by atoms with van der Waals surface area (Å²) in [6.07, 6.45) is 1.89. The fraction of sp³-hybridized carbons (Fsp3) is 0.143. The summed E-state index contributed by atoms with van der Waals surface area (Å²) in [5.41, 5.74) is 8.31. The first-order valence-corrected chi connectivity index (χ1v) is 6.00. The predicted molar refractivity (Wildman–Crippen MR) is 72.9 cm³/mol. The van der Waals surface area contributed by atoms with Crippen LogP contribution in [0.4, 0.5) is 0 Å². The average Bonchev–Trinajstić information content (AvgIpc) is 2.89. The minimum Gasteiger partial charge on any atom is -0.496 e. The number of rotatable bonds is 3. The monoisotopic (exact) mass is 254 g/mol. The minimum atomic E-state index is 0.486. The van der Waals surface area contributed by atoms with E-state index in [1.807, 2.05) is 42.6 Å². The third-order valence-electron chi connectivity index (χ3n) is 2.98. The van der Waals surface area contributed by atoms with Gasteiger partial charge < -0.3 is 10.5 Å². The molecule has 0 bridgehead atoms.